The number of benzene rings is 1. The topological polar surface area (TPSA) is 26.0 Å². The van der Waals surface area contributed by atoms with Gasteiger partial charge in [-0.25, -0.2) is 0 Å². The predicted molar refractivity (Wildman–Crippen MR) is 65.7 cm³/mol. The Kier molecular flexibility index (Phi) is 4.49. The van der Waals surface area contributed by atoms with Crippen molar-refractivity contribution in [1.82, 2.24) is 0 Å². The Morgan fingerprint density at radius 1 is 1.29 bits per heavy atom. The molecule has 0 radical (unpaired) electrons. The number of thioether (sulfide) groups is 1. The highest BCUT2D eigenvalue weighted by atomic mass is 32.2. The van der Waals surface area contributed by atoms with E-state index in [4.69, 9.17) is 5.73 Å². The van der Waals surface area contributed by atoms with Crippen LogP contribution in [0.2, 0.25) is 0 Å². The molecular formula is C12H19NS. The lowest BCUT2D eigenvalue weighted by Crippen LogP contribution is -2.25. The van der Waals surface area contributed by atoms with Gasteiger partial charge in [0, 0.05) is 11.3 Å². The summed E-state index contributed by atoms with van der Waals surface area (Å²) in [7, 11) is 0. The van der Waals surface area contributed by atoms with E-state index in [0.29, 0.717) is 5.25 Å². The minimum Gasteiger partial charge on any atom is -0.326 e. The van der Waals surface area contributed by atoms with E-state index in [1.807, 2.05) is 11.8 Å². The zero-order valence-corrected chi connectivity index (χ0v) is 9.97. The SMILES string of the molecule is CCC(N)C(SC)c1ccc(C)cc1. The minimum absolute atomic E-state index is 0.257. The average Bonchev–Trinajstić information content (AvgIpc) is 2.21. The Morgan fingerprint density at radius 2 is 1.86 bits per heavy atom. The van der Waals surface area contributed by atoms with Gasteiger partial charge in [0.25, 0.3) is 0 Å². The zero-order valence-electron chi connectivity index (χ0n) is 9.16. The molecule has 0 aliphatic heterocycles. The molecule has 1 nitrogen and oxygen atoms in total. The molecule has 1 aromatic carbocycles. The van der Waals surface area contributed by atoms with Gasteiger partial charge < -0.3 is 5.73 Å². The van der Waals surface area contributed by atoms with Crippen LogP contribution in [-0.2, 0) is 0 Å². The molecule has 0 spiro atoms. The van der Waals surface area contributed by atoms with Crippen molar-refractivity contribution in [2.24, 2.45) is 5.73 Å². The van der Waals surface area contributed by atoms with Gasteiger partial charge in [-0.05, 0) is 25.2 Å². The first-order valence-corrected chi connectivity index (χ1v) is 6.32. The average molecular weight is 209 g/mol. The zero-order chi connectivity index (χ0) is 10.6. The Morgan fingerprint density at radius 3 is 2.29 bits per heavy atom. The van der Waals surface area contributed by atoms with Crippen LogP contribution in [0.15, 0.2) is 24.3 Å². The van der Waals surface area contributed by atoms with Gasteiger partial charge in [-0.2, -0.15) is 11.8 Å². The molecule has 0 amide bonds. The summed E-state index contributed by atoms with van der Waals surface area (Å²) in [4.78, 5) is 0. The van der Waals surface area contributed by atoms with Crippen LogP contribution in [-0.4, -0.2) is 12.3 Å². The fraction of sp³-hybridized carbons (Fsp3) is 0.500. The number of aryl methyl sites for hydroxylation is 1. The van der Waals surface area contributed by atoms with E-state index in [1.54, 1.807) is 0 Å². The van der Waals surface area contributed by atoms with Crippen molar-refractivity contribution in [2.75, 3.05) is 6.26 Å². The lowest BCUT2D eigenvalue weighted by Gasteiger charge is -2.21. The summed E-state index contributed by atoms with van der Waals surface area (Å²) in [6, 6.07) is 8.94. The largest absolute Gasteiger partial charge is 0.326 e. The molecule has 0 bridgehead atoms. The van der Waals surface area contributed by atoms with E-state index in [2.05, 4.69) is 44.4 Å². The molecule has 0 fully saturated rings. The van der Waals surface area contributed by atoms with Crippen LogP contribution in [0.1, 0.15) is 29.7 Å². The van der Waals surface area contributed by atoms with E-state index < -0.39 is 0 Å². The molecule has 0 aliphatic rings. The van der Waals surface area contributed by atoms with Crippen molar-refractivity contribution in [3.8, 4) is 0 Å². The molecule has 2 N–H and O–H groups in total. The van der Waals surface area contributed by atoms with Crippen LogP contribution in [0.3, 0.4) is 0 Å². The maximum absolute atomic E-state index is 6.08. The molecular weight excluding hydrogens is 190 g/mol. The number of hydrogen-bond acceptors (Lipinski definition) is 2. The molecule has 14 heavy (non-hydrogen) atoms. The first-order valence-electron chi connectivity index (χ1n) is 5.04. The second-order valence-corrected chi connectivity index (χ2v) is 4.62. The van der Waals surface area contributed by atoms with Gasteiger partial charge in [0.15, 0.2) is 0 Å². The van der Waals surface area contributed by atoms with Crippen LogP contribution in [0.25, 0.3) is 0 Å². The first kappa shape index (κ1) is 11.6. The van der Waals surface area contributed by atoms with Gasteiger partial charge in [0.2, 0.25) is 0 Å². The Hall–Kier alpha value is -0.470. The van der Waals surface area contributed by atoms with Crippen molar-refractivity contribution in [3.05, 3.63) is 35.4 Å². The number of rotatable bonds is 4. The molecule has 2 unspecified atom stereocenters. The van der Waals surface area contributed by atoms with Gasteiger partial charge in [0.1, 0.15) is 0 Å². The number of nitrogens with two attached hydrogens (primary N) is 1. The van der Waals surface area contributed by atoms with Crippen LogP contribution in [0, 0.1) is 6.92 Å². The van der Waals surface area contributed by atoms with E-state index in [9.17, 15) is 0 Å². The predicted octanol–water partition coefficient (Wildman–Crippen LogP) is 3.14. The van der Waals surface area contributed by atoms with E-state index in [-0.39, 0.29) is 6.04 Å². The highest BCUT2D eigenvalue weighted by Crippen LogP contribution is 2.30. The van der Waals surface area contributed by atoms with Gasteiger partial charge in [-0.1, -0.05) is 36.8 Å². The lowest BCUT2D eigenvalue weighted by molar-refractivity contribution is 0.635. The second-order valence-electron chi connectivity index (χ2n) is 3.64. The standard InChI is InChI=1S/C12H19NS/c1-4-11(13)12(14-3)10-7-5-9(2)6-8-10/h5-8,11-12H,4,13H2,1-3H3. The third-order valence-corrected chi connectivity index (χ3v) is 3.65. The van der Waals surface area contributed by atoms with Crippen LogP contribution in [0.4, 0.5) is 0 Å². The number of hydrogen-bond donors (Lipinski definition) is 1. The van der Waals surface area contributed by atoms with Gasteiger partial charge >= 0.3 is 0 Å². The summed E-state index contributed by atoms with van der Waals surface area (Å²) >= 11 is 1.84. The third-order valence-electron chi connectivity index (χ3n) is 2.52. The summed E-state index contributed by atoms with van der Waals surface area (Å²) in [5.74, 6) is 0. The fourth-order valence-corrected chi connectivity index (χ4v) is 2.50. The van der Waals surface area contributed by atoms with E-state index >= 15 is 0 Å². The Labute approximate surface area is 91.1 Å². The van der Waals surface area contributed by atoms with Gasteiger partial charge in [0.05, 0.1) is 0 Å². The summed E-state index contributed by atoms with van der Waals surface area (Å²) in [5.41, 5.74) is 8.73. The molecule has 0 aromatic heterocycles. The summed E-state index contributed by atoms with van der Waals surface area (Å²) < 4.78 is 0. The maximum Gasteiger partial charge on any atom is 0.0445 e. The maximum atomic E-state index is 6.08. The van der Waals surface area contributed by atoms with Crippen molar-refractivity contribution in [2.45, 2.75) is 31.6 Å². The quantitative estimate of drug-likeness (QED) is 0.824. The van der Waals surface area contributed by atoms with E-state index in [0.717, 1.165) is 6.42 Å². The van der Waals surface area contributed by atoms with Crippen molar-refractivity contribution in [1.29, 1.82) is 0 Å². The molecule has 0 saturated carbocycles. The molecule has 0 saturated heterocycles. The monoisotopic (exact) mass is 209 g/mol. The normalized spacial score (nSPS) is 15.1. The molecule has 1 aromatic rings. The summed E-state index contributed by atoms with van der Waals surface area (Å²) in [5, 5.41) is 0.431. The Balaban J connectivity index is 2.84. The first-order chi connectivity index (χ1) is 6.69. The highest BCUT2D eigenvalue weighted by Gasteiger charge is 2.16. The fourth-order valence-electron chi connectivity index (χ4n) is 1.53. The molecule has 2 atom stereocenters. The summed E-state index contributed by atoms with van der Waals surface area (Å²) in [6.45, 7) is 4.25. The lowest BCUT2D eigenvalue weighted by atomic mass is 10.0. The smallest absolute Gasteiger partial charge is 0.0445 e. The molecule has 1 rings (SSSR count). The van der Waals surface area contributed by atoms with Crippen LogP contribution >= 0.6 is 11.8 Å². The van der Waals surface area contributed by atoms with Crippen LogP contribution < -0.4 is 5.73 Å². The second kappa shape index (κ2) is 5.42. The minimum atomic E-state index is 0.257. The van der Waals surface area contributed by atoms with Gasteiger partial charge in [-0.15, -0.1) is 0 Å². The van der Waals surface area contributed by atoms with Gasteiger partial charge in [-0.3, -0.25) is 0 Å². The molecule has 2 heteroatoms. The summed E-state index contributed by atoms with van der Waals surface area (Å²) in [6.07, 6.45) is 3.15. The van der Waals surface area contributed by atoms with Crippen molar-refractivity contribution < 1.29 is 0 Å². The third kappa shape index (κ3) is 2.76. The molecule has 0 aliphatic carbocycles. The van der Waals surface area contributed by atoms with Crippen molar-refractivity contribution >= 4 is 11.8 Å². The Bertz CT molecular complexity index is 268. The highest BCUT2D eigenvalue weighted by molar-refractivity contribution is 7.98. The molecule has 0 heterocycles. The van der Waals surface area contributed by atoms with E-state index in [1.165, 1.54) is 11.1 Å². The van der Waals surface area contributed by atoms with Crippen molar-refractivity contribution in [3.63, 3.8) is 0 Å². The van der Waals surface area contributed by atoms with Crippen LogP contribution in [0.5, 0.6) is 0 Å². The molecule has 78 valence electrons.